The van der Waals surface area contributed by atoms with E-state index in [1.54, 1.807) is 17.4 Å². The first-order chi connectivity index (χ1) is 33.3. The number of esters is 1. The number of hydrogen-bond acceptors (Lipinski definition) is 15. The smallest absolute Gasteiger partial charge is 0.357 e. The molecule has 0 saturated heterocycles. The number of unbranched alkanes of at least 4 members (excludes halogenated alkanes) is 1. The van der Waals surface area contributed by atoms with Crippen LogP contribution in [0.3, 0.4) is 0 Å². The molecule has 388 valence electrons. The molecule has 15 nitrogen and oxygen atoms in total. The monoisotopic (exact) mass is 1070 g/mol. The molecule has 0 fully saturated rings. The van der Waals surface area contributed by atoms with Gasteiger partial charge in [-0.25, -0.2) is 22.6 Å². The molecule has 71 heavy (non-hydrogen) atoms. The summed E-state index contributed by atoms with van der Waals surface area (Å²) >= 11 is 2.94. The molecule has 21 heteroatoms. The van der Waals surface area contributed by atoms with Crippen LogP contribution in [0.5, 0.6) is 5.75 Å². The normalized spacial score (nSPS) is 12.8. The average molecular weight is 1070 g/mol. The molecule has 0 radical (unpaired) electrons. The lowest BCUT2D eigenvalue weighted by Gasteiger charge is -2.36. The first-order valence-electron chi connectivity index (χ1n) is 24.0. The number of carbonyl (C=O) groups excluding carboxylic acids is 1. The number of para-hydroxylation sites is 1. The van der Waals surface area contributed by atoms with Crippen molar-refractivity contribution in [2.75, 3.05) is 71.3 Å². The number of fused-ring (bicyclic) bond motifs is 1. The quantitative estimate of drug-likeness (QED) is 0.0136. The lowest BCUT2D eigenvalue weighted by atomic mass is 10.2. The van der Waals surface area contributed by atoms with Crippen LogP contribution in [-0.4, -0.2) is 126 Å². The standard InChI is InChI=1S/C50H72FN7O8S3Si2/c1-37-34-44(54-55-46(37)53-49-57(36-64-31-33-70(8,9)10)40-21-13-14-22-42(40)67-49)56(26-15-16-30-66-71(11,12)50(2,3)4)48-52-45(47(59)63-7)43(68-48)23-18-29-65-41-25-24-38(35-39(41)51)20-17-27-58(5,6)28-19-32-69(60,61)62/h13-14,21-22,24-25,34-35H,15-16,18-19,23,26-33,36H2,1-12H3/b53-49-. The van der Waals surface area contributed by atoms with E-state index in [9.17, 15) is 17.8 Å². The number of benzene rings is 2. The molecule has 0 bridgehead atoms. The van der Waals surface area contributed by atoms with Crippen LogP contribution in [0.4, 0.5) is 21.2 Å². The topological polar surface area (TPSA) is 170 Å². The fourth-order valence-corrected chi connectivity index (χ4v) is 11.4. The van der Waals surface area contributed by atoms with Crippen molar-refractivity contribution in [1.82, 2.24) is 19.7 Å². The number of methoxy groups -OCH3 is 1. The van der Waals surface area contributed by atoms with Crippen LogP contribution < -0.4 is 14.4 Å². The van der Waals surface area contributed by atoms with Crippen LogP contribution >= 0.6 is 22.7 Å². The molecule has 5 aromatic rings. The summed E-state index contributed by atoms with van der Waals surface area (Å²) in [5.41, 5.74) is 2.51. The zero-order valence-electron chi connectivity index (χ0n) is 43.5. The van der Waals surface area contributed by atoms with Gasteiger partial charge in [0.25, 0.3) is 0 Å². The Bertz CT molecular complexity index is 2840. The molecule has 0 saturated carbocycles. The summed E-state index contributed by atoms with van der Waals surface area (Å²) < 4.78 is 75.4. The predicted molar refractivity (Wildman–Crippen MR) is 287 cm³/mol. The van der Waals surface area contributed by atoms with E-state index in [-0.39, 0.29) is 29.5 Å². The number of quaternary nitrogens is 1. The maximum absolute atomic E-state index is 15.2. The molecule has 3 heterocycles. The van der Waals surface area contributed by atoms with E-state index in [0.717, 1.165) is 39.5 Å². The van der Waals surface area contributed by atoms with Gasteiger partial charge in [0.15, 0.2) is 47.1 Å². The molecule has 0 unspecified atom stereocenters. The van der Waals surface area contributed by atoms with Gasteiger partial charge >= 0.3 is 5.97 Å². The Morgan fingerprint density at radius 2 is 1.73 bits per heavy atom. The number of ether oxygens (including phenoxy) is 3. The van der Waals surface area contributed by atoms with Crippen molar-refractivity contribution in [1.29, 1.82) is 0 Å². The maximum Gasteiger partial charge on any atom is 0.357 e. The van der Waals surface area contributed by atoms with Crippen molar-refractivity contribution in [2.24, 2.45) is 4.99 Å². The number of nitrogens with zero attached hydrogens (tertiary/aromatic N) is 7. The number of aryl methyl sites for hydroxylation is 2. The number of thiazole rings is 2. The Morgan fingerprint density at radius 1 is 0.986 bits per heavy atom. The minimum atomic E-state index is -4.27. The van der Waals surface area contributed by atoms with Crippen LogP contribution in [0.15, 0.2) is 53.5 Å². The number of carbonyl (C=O) groups is 1. The van der Waals surface area contributed by atoms with Gasteiger partial charge in [-0.15, -0.1) is 21.5 Å². The average Bonchev–Trinajstić information content (AvgIpc) is 3.85. The zero-order chi connectivity index (χ0) is 52.2. The van der Waals surface area contributed by atoms with E-state index >= 15 is 4.39 Å². The molecular formula is C50H72FN7O8S3Si2. The largest absolute Gasteiger partial charge is 0.748 e. The second kappa shape index (κ2) is 25.0. The number of anilines is 2. The first kappa shape index (κ1) is 57.5. The van der Waals surface area contributed by atoms with Crippen molar-refractivity contribution in [3.63, 3.8) is 0 Å². The van der Waals surface area contributed by atoms with E-state index in [0.29, 0.717) is 84.1 Å². The summed E-state index contributed by atoms with van der Waals surface area (Å²) in [5, 5.41) is 10.0. The highest BCUT2D eigenvalue weighted by Crippen LogP contribution is 2.37. The van der Waals surface area contributed by atoms with Gasteiger partial charge in [-0.05, 0) is 105 Å². The minimum Gasteiger partial charge on any atom is -0.748 e. The number of hydrogen-bond donors (Lipinski definition) is 0. The van der Waals surface area contributed by atoms with Crippen molar-refractivity contribution in [3.8, 4) is 17.6 Å². The lowest BCUT2D eigenvalue weighted by Crippen LogP contribution is -2.41. The van der Waals surface area contributed by atoms with Gasteiger partial charge in [0, 0.05) is 50.4 Å². The molecule has 0 atom stereocenters. The summed E-state index contributed by atoms with van der Waals surface area (Å²) in [6, 6.07) is 15.7. The summed E-state index contributed by atoms with van der Waals surface area (Å²) in [7, 11) is -2.39. The first-order valence-corrected chi connectivity index (χ1v) is 33.8. The van der Waals surface area contributed by atoms with E-state index < -0.39 is 44.0 Å². The molecule has 0 N–H and O–H groups in total. The van der Waals surface area contributed by atoms with Crippen LogP contribution in [0.2, 0.25) is 43.8 Å². The predicted octanol–water partition coefficient (Wildman–Crippen LogP) is 10.0. The third-order valence-corrected chi connectivity index (χ3v) is 21.4. The molecular weight excluding hydrogens is 998 g/mol. The second-order valence-electron chi connectivity index (χ2n) is 21.0. The van der Waals surface area contributed by atoms with E-state index in [4.69, 9.17) is 33.7 Å². The van der Waals surface area contributed by atoms with Crippen molar-refractivity contribution in [3.05, 3.63) is 80.8 Å². The zero-order valence-corrected chi connectivity index (χ0v) is 48.0. The van der Waals surface area contributed by atoms with Gasteiger partial charge in [-0.3, -0.25) is 4.57 Å². The summed E-state index contributed by atoms with van der Waals surface area (Å²) in [5.74, 6) is 5.55. The molecule has 5 rings (SSSR count). The highest BCUT2D eigenvalue weighted by Gasteiger charge is 2.37. The Labute approximate surface area is 429 Å². The summed E-state index contributed by atoms with van der Waals surface area (Å²) in [4.78, 5) is 26.6. The van der Waals surface area contributed by atoms with Gasteiger partial charge in [-0.2, -0.15) is 4.99 Å². The third kappa shape index (κ3) is 17.7. The molecule has 3 aromatic heterocycles. The van der Waals surface area contributed by atoms with Crippen LogP contribution in [0, 0.1) is 24.6 Å². The summed E-state index contributed by atoms with van der Waals surface area (Å²) in [6.45, 7) is 23.4. The maximum atomic E-state index is 15.2. The molecule has 0 aliphatic carbocycles. The molecule has 2 aromatic carbocycles. The number of aromatic nitrogens is 4. The number of rotatable bonds is 25. The van der Waals surface area contributed by atoms with Crippen LogP contribution in [0.25, 0.3) is 10.2 Å². The van der Waals surface area contributed by atoms with Gasteiger partial charge in [0.2, 0.25) is 0 Å². The SMILES string of the molecule is COC(=O)c1nc(N(CCCCO[Si](C)(C)C(C)(C)C)c2cc(C)c(/N=c3\sc4ccccc4n3COCC[Si](C)(C)C)nn2)sc1CCCOc1ccc(C#CC[N+](C)(C)CCCS(=O)(=O)[O-])cc1F. The van der Waals surface area contributed by atoms with Crippen molar-refractivity contribution in [2.45, 2.75) is 110 Å². The highest BCUT2D eigenvalue weighted by molar-refractivity contribution is 7.85. The van der Waals surface area contributed by atoms with Gasteiger partial charge < -0.3 is 32.6 Å². The molecule has 0 spiro atoms. The Hall–Kier alpha value is -4.38. The molecule has 0 amide bonds. The van der Waals surface area contributed by atoms with E-state index in [1.165, 1.54) is 30.6 Å². The van der Waals surface area contributed by atoms with Gasteiger partial charge in [-0.1, -0.05) is 69.8 Å². The van der Waals surface area contributed by atoms with E-state index in [2.05, 4.69) is 87.1 Å². The second-order valence-corrected chi connectivity index (χ2v) is 35.0. The van der Waals surface area contributed by atoms with Crippen molar-refractivity contribution < 1.29 is 45.3 Å². The van der Waals surface area contributed by atoms with Gasteiger partial charge in [0.05, 0.1) is 54.7 Å². The van der Waals surface area contributed by atoms with Crippen LogP contribution in [-0.2, 0) is 37.2 Å². The Morgan fingerprint density at radius 3 is 2.41 bits per heavy atom. The van der Waals surface area contributed by atoms with Crippen LogP contribution in [0.1, 0.15) is 72.9 Å². The van der Waals surface area contributed by atoms with Crippen molar-refractivity contribution >= 4 is 82.1 Å². The Kier molecular flexibility index (Phi) is 20.3. The highest BCUT2D eigenvalue weighted by atomic mass is 32.2. The minimum absolute atomic E-state index is 0.0736. The lowest BCUT2D eigenvalue weighted by molar-refractivity contribution is -0.883. The van der Waals surface area contributed by atoms with Gasteiger partial charge in [0.1, 0.15) is 13.3 Å². The van der Waals surface area contributed by atoms with E-state index in [1.807, 2.05) is 44.1 Å². The number of halogens is 1. The molecule has 0 aliphatic heterocycles. The summed E-state index contributed by atoms with van der Waals surface area (Å²) in [6.07, 6.45) is 2.65. The fraction of sp³-hybridized carbons (Fsp3) is 0.540. The third-order valence-electron chi connectivity index (χ3n) is 12.2. The molecule has 0 aliphatic rings. The Balaban J connectivity index is 1.34. The fourth-order valence-electron chi connectivity index (χ4n) is 6.88.